The van der Waals surface area contributed by atoms with Gasteiger partial charge in [0.1, 0.15) is 5.92 Å². The van der Waals surface area contributed by atoms with Crippen LogP contribution in [0.1, 0.15) is 48.1 Å². The molecule has 0 saturated carbocycles. The molecule has 1 aliphatic rings. The molecule has 0 radical (unpaired) electrons. The van der Waals surface area contributed by atoms with Crippen molar-refractivity contribution in [2.75, 3.05) is 5.32 Å². The normalized spacial score (nSPS) is 19.2. The average Bonchev–Trinajstić information content (AvgIpc) is 2.63. The van der Waals surface area contributed by atoms with Gasteiger partial charge in [-0.2, -0.15) is 0 Å². The highest BCUT2D eigenvalue weighted by Crippen LogP contribution is 2.31. The van der Waals surface area contributed by atoms with E-state index in [4.69, 9.17) is 12.2 Å². The first-order valence-corrected chi connectivity index (χ1v) is 9.91. The topological polar surface area (TPSA) is 53.2 Å². The number of benzene rings is 2. The summed E-state index contributed by atoms with van der Waals surface area (Å²) in [4.78, 5) is 13.2. The fourth-order valence-corrected chi connectivity index (χ4v) is 3.78. The van der Waals surface area contributed by atoms with Gasteiger partial charge in [0.2, 0.25) is 5.91 Å². The maximum Gasteiger partial charge on any atom is 0.235 e. The maximum atomic E-state index is 13.2. The molecule has 1 fully saturated rings. The van der Waals surface area contributed by atoms with Crippen LogP contribution in [0.3, 0.4) is 0 Å². The molecule has 0 spiro atoms. The summed E-state index contributed by atoms with van der Waals surface area (Å²) in [6, 6.07) is 14.0. The zero-order valence-electron chi connectivity index (χ0n) is 16.8. The first-order valence-electron chi connectivity index (χ1n) is 9.50. The van der Waals surface area contributed by atoms with Gasteiger partial charge in [0.25, 0.3) is 0 Å². The van der Waals surface area contributed by atoms with E-state index in [0.717, 1.165) is 22.4 Å². The van der Waals surface area contributed by atoms with Crippen LogP contribution in [0, 0.1) is 19.8 Å². The molecule has 1 aliphatic heterocycles. The van der Waals surface area contributed by atoms with E-state index in [1.54, 1.807) is 0 Å². The number of aryl methyl sites for hydroxylation is 2. The predicted molar refractivity (Wildman–Crippen MR) is 119 cm³/mol. The Balaban J connectivity index is 1.89. The van der Waals surface area contributed by atoms with Crippen molar-refractivity contribution in [1.82, 2.24) is 10.6 Å². The lowest BCUT2D eigenvalue weighted by Gasteiger charge is -2.35. The van der Waals surface area contributed by atoms with Crippen LogP contribution in [0.2, 0.25) is 0 Å². The first-order chi connectivity index (χ1) is 13.3. The Labute approximate surface area is 172 Å². The molecule has 0 aromatic heterocycles. The molecule has 1 amide bonds. The molecule has 4 nitrogen and oxygen atoms in total. The minimum Gasteiger partial charge on any atom is -0.354 e. The first kappa shape index (κ1) is 20.1. The molecule has 2 aromatic carbocycles. The van der Waals surface area contributed by atoms with E-state index < -0.39 is 5.92 Å². The highest BCUT2D eigenvalue weighted by Gasteiger charge is 2.36. The Morgan fingerprint density at radius 1 is 1.14 bits per heavy atom. The van der Waals surface area contributed by atoms with Crippen molar-refractivity contribution >= 4 is 28.9 Å². The smallest absolute Gasteiger partial charge is 0.235 e. The standard InChI is InChI=1S/C23H27N3OS/c1-13(2)17-7-9-18(10-8-17)21-20(16(5)24-23(28)26-21)22(27)25-19-11-6-14(3)12-15(19)4/h6-13,20-21H,5H2,1-4H3,(H,25,27)(H2,24,26,28)/t20-,21+/m1/s1. The summed E-state index contributed by atoms with van der Waals surface area (Å²) >= 11 is 5.32. The fourth-order valence-electron chi connectivity index (χ4n) is 3.52. The lowest BCUT2D eigenvalue weighted by molar-refractivity contribution is -0.119. The van der Waals surface area contributed by atoms with Crippen LogP contribution in [0.25, 0.3) is 0 Å². The van der Waals surface area contributed by atoms with Crippen LogP contribution >= 0.6 is 12.2 Å². The van der Waals surface area contributed by atoms with Gasteiger partial charge in [-0.05, 0) is 54.7 Å². The van der Waals surface area contributed by atoms with Gasteiger partial charge >= 0.3 is 0 Å². The van der Waals surface area contributed by atoms with Gasteiger partial charge in [0, 0.05) is 11.4 Å². The minimum atomic E-state index is -0.489. The molecule has 2 aromatic rings. The highest BCUT2D eigenvalue weighted by atomic mass is 32.1. The van der Waals surface area contributed by atoms with E-state index in [-0.39, 0.29) is 11.9 Å². The molecule has 146 valence electrons. The van der Waals surface area contributed by atoms with E-state index in [1.807, 2.05) is 26.0 Å². The van der Waals surface area contributed by atoms with Crippen LogP contribution in [0.4, 0.5) is 5.69 Å². The van der Waals surface area contributed by atoms with Crippen molar-refractivity contribution in [3.05, 3.63) is 77.0 Å². The van der Waals surface area contributed by atoms with E-state index >= 15 is 0 Å². The van der Waals surface area contributed by atoms with Crippen molar-refractivity contribution in [3.8, 4) is 0 Å². The predicted octanol–water partition coefficient (Wildman–Crippen LogP) is 4.71. The summed E-state index contributed by atoms with van der Waals surface area (Å²) in [5.74, 6) is -0.149. The number of carbonyl (C=O) groups is 1. The van der Waals surface area contributed by atoms with Crippen molar-refractivity contribution in [3.63, 3.8) is 0 Å². The molecule has 1 saturated heterocycles. The monoisotopic (exact) mass is 393 g/mol. The zero-order valence-corrected chi connectivity index (χ0v) is 17.6. The van der Waals surface area contributed by atoms with Crippen LogP contribution in [-0.4, -0.2) is 11.0 Å². The second-order valence-electron chi connectivity index (χ2n) is 7.71. The van der Waals surface area contributed by atoms with Gasteiger partial charge in [0.15, 0.2) is 5.11 Å². The van der Waals surface area contributed by atoms with Crippen molar-refractivity contribution in [1.29, 1.82) is 0 Å². The molecule has 5 heteroatoms. The van der Waals surface area contributed by atoms with E-state index in [1.165, 1.54) is 5.56 Å². The third kappa shape index (κ3) is 4.25. The lowest BCUT2D eigenvalue weighted by Crippen LogP contribution is -2.51. The SMILES string of the molecule is C=C1NC(=S)N[C@@H](c2ccc(C(C)C)cc2)[C@@H]1C(=O)Nc1ccc(C)cc1C. The Hall–Kier alpha value is -2.66. The molecule has 0 aliphatic carbocycles. The Bertz CT molecular complexity index is 918. The molecule has 1 heterocycles. The quantitative estimate of drug-likeness (QED) is 0.658. The van der Waals surface area contributed by atoms with Crippen molar-refractivity contribution in [2.24, 2.45) is 5.92 Å². The zero-order chi connectivity index (χ0) is 20.4. The Morgan fingerprint density at radius 3 is 2.43 bits per heavy atom. The molecular weight excluding hydrogens is 366 g/mol. The van der Waals surface area contributed by atoms with Gasteiger partial charge in [-0.25, -0.2) is 0 Å². The Kier molecular flexibility index (Phi) is 5.84. The largest absolute Gasteiger partial charge is 0.354 e. The summed E-state index contributed by atoms with van der Waals surface area (Å²) in [5, 5.41) is 9.81. The van der Waals surface area contributed by atoms with Gasteiger partial charge < -0.3 is 16.0 Å². The van der Waals surface area contributed by atoms with Gasteiger partial charge in [-0.3, -0.25) is 4.79 Å². The van der Waals surface area contributed by atoms with E-state index in [0.29, 0.717) is 16.7 Å². The third-order valence-corrected chi connectivity index (χ3v) is 5.37. The number of thiocarbonyl (C=S) groups is 1. The molecule has 2 atom stereocenters. The molecule has 3 rings (SSSR count). The number of hydrogen-bond donors (Lipinski definition) is 3. The fraction of sp³-hybridized carbons (Fsp3) is 0.304. The number of anilines is 1. The van der Waals surface area contributed by atoms with Crippen LogP contribution in [0.15, 0.2) is 54.7 Å². The molecule has 0 unspecified atom stereocenters. The molecule has 28 heavy (non-hydrogen) atoms. The van der Waals surface area contributed by atoms with Gasteiger partial charge in [0.05, 0.1) is 6.04 Å². The van der Waals surface area contributed by atoms with Crippen LogP contribution in [-0.2, 0) is 4.79 Å². The summed E-state index contributed by atoms with van der Waals surface area (Å²) in [6.07, 6.45) is 0. The van der Waals surface area contributed by atoms with Gasteiger partial charge in [-0.15, -0.1) is 0 Å². The number of rotatable bonds is 4. The number of amides is 1. The highest BCUT2D eigenvalue weighted by molar-refractivity contribution is 7.80. The molecular formula is C23H27N3OS. The summed E-state index contributed by atoms with van der Waals surface area (Å²) in [7, 11) is 0. The second kappa shape index (κ2) is 8.15. The third-order valence-electron chi connectivity index (χ3n) is 5.15. The number of hydrogen-bond acceptors (Lipinski definition) is 2. The van der Waals surface area contributed by atoms with E-state index in [9.17, 15) is 4.79 Å². The van der Waals surface area contributed by atoms with Gasteiger partial charge in [-0.1, -0.05) is 62.4 Å². The van der Waals surface area contributed by atoms with Crippen LogP contribution < -0.4 is 16.0 Å². The average molecular weight is 394 g/mol. The second-order valence-corrected chi connectivity index (χ2v) is 8.12. The molecule has 0 bridgehead atoms. The summed E-state index contributed by atoms with van der Waals surface area (Å²) in [5.41, 5.74) is 5.87. The maximum absolute atomic E-state index is 13.2. The lowest BCUT2D eigenvalue weighted by atomic mass is 9.87. The van der Waals surface area contributed by atoms with Crippen molar-refractivity contribution < 1.29 is 4.79 Å². The summed E-state index contributed by atoms with van der Waals surface area (Å²) < 4.78 is 0. The Morgan fingerprint density at radius 2 is 1.82 bits per heavy atom. The summed E-state index contributed by atoms with van der Waals surface area (Å²) in [6.45, 7) is 12.4. The van der Waals surface area contributed by atoms with Crippen LogP contribution in [0.5, 0.6) is 0 Å². The van der Waals surface area contributed by atoms with Crippen molar-refractivity contribution in [2.45, 2.75) is 39.7 Å². The number of nitrogens with one attached hydrogen (secondary N) is 3. The van der Waals surface area contributed by atoms with E-state index in [2.05, 4.69) is 66.7 Å². The number of carbonyl (C=O) groups excluding carboxylic acids is 1. The molecule has 3 N–H and O–H groups in total. The minimum absolute atomic E-state index is 0.114.